The van der Waals surface area contributed by atoms with Crippen molar-refractivity contribution >= 4 is 0 Å². The van der Waals surface area contributed by atoms with Gasteiger partial charge in [-0.05, 0) is 19.4 Å². The third-order valence-electron chi connectivity index (χ3n) is 2.52. The van der Waals surface area contributed by atoms with E-state index >= 15 is 0 Å². The fraction of sp³-hybridized carbons (Fsp3) is 0.231. The van der Waals surface area contributed by atoms with E-state index in [9.17, 15) is 5.11 Å². The number of aliphatic hydroxyl groups excluding tert-OH is 1. The molecular formula is C13H14N2O. The topological polar surface area (TPSA) is 46.0 Å². The molecule has 1 heterocycles. The molecule has 0 saturated carbocycles. The molecule has 0 aliphatic rings. The van der Waals surface area contributed by atoms with E-state index < -0.39 is 0 Å². The molecular weight excluding hydrogens is 200 g/mol. The minimum Gasteiger partial charge on any atom is -0.392 e. The molecule has 0 aliphatic heterocycles. The Bertz CT molecular complexity index is 509. The summed E-state index contributed by atoms with van der Waals surface area (Å²) in [7, 11) is 0. The summed E-state index contributed by atoms with van der Waals surface area (Å²) in [6.07, 6.45) is 1.75. The highest BCUT2D eigenvalue weighted by Gasteiger charge is 2.08. The molecule has 2 rings (SSSR count). The lowest BCUT2D eigenvalue weighted by molar-refractivity contribution is 0.282. The number of aliphatic hydroxyl groups is 1. The molecule has 0 saturated heterocycles. The van der Waals surface area contributed by atoms with Crippen molar-refractivity contribution in [3.63, 3.8) is 0 Å². The largest absolute Gasteiger partial charge is 0.392 e. The first-order valence-corrected chi connectivity index (χ1v) is 5.21. The van der Waals surface area contributed by atoms with Crippen molar-refractivity contribution in [2.75, 3.05) is 0 Å². The Hall–Kier alpha value is -1.74. The molecule has 0 amide bonds. The highest BCUT2D eigenvalue weighted by Crippen LogP contribution is 2.23. The zero-order valence-electron chi connectivity index (χ0n) is 9.44. The van der Waals surface area contributed by atoms with Crippen LogP contribution in [0.4, 0.5) is 0 Å². The van der Waals surface area contributed by atoms with Gasteiger partial charge in [-0.3, -0.25) is 4.98 Å². The highest BCUT2D eigenvalue weighted by molar-refractivity contribution is 5.65. The van der Waals surface area contributed by atoms with Gasteiger partial charge in [-0.1, -0.05) is 24.3 Å². The summed E-state index contributed by atoms with van der Waals surface area (Å²) in [5, 5.41) is 9.29. The van der Waals surface area contributed by atoms with E-state index in [1.807, 2.05) is 38.1 Å². The van der Waals surface area contributed by atoms with Crippen molar-refractivity contribution in [1.29, 1.82) is 0 Å². The Morgan fingerprint density at radius 2 is 1.94 bits per heavy atom. The number of hydrogen-bond donors (Lipinski definition) is 1. The quantitative estimate of drug-likeness (QED) is 0.834. The lowest BCUT2D eigenvalue weighted by Gasteiger charge is -2.09. The van der Waals surface area contributed by atoms with Crippen LogP contribution in [0.3, 0.4) is 0 Å². The van der Waals surface area contributed by atoms with Crippen LogP contribution in [0, 0.1) is 13.8 Å². The van der Waals surface area contributed by atoms with Crippen molar-refractivity contribution in [3.05, 3.63) is 47.4 Å². The van der Waals surface area contributed by atoms with E-state index in [1.54, 1.807) is 6.20 Å². The van der Waals surface area contributed by atoms with Crippen LogP contribution in [0.2, 0.25) is 0 Å². The van der Waals surface area contributed by atoms with Gasteiger partial charge in [-0.25, -0.2) is 4.98 Å². The summed E-state index contributed by atoms with van der Waals surface area (Å²) in [6.45, 7) is 3.86. The molecule has 3 heteroatoms. The van der Waals surface area contributed by atoms with Gasteiger partial charge in [0.15, 0.2) is 0 Å². The fourth-order valence-electron chi connectivity index (χ4n) is 1.68. The van der Waals surface area contributed by atoms with E-state index in [4.69, 9.17) is 0 Å². The van der Waals surface area contributed by atoms with Gasteiger partial charge in [0.2, 0.25) is 0 Å². The van der Waals surface area contributed by atoms with Crippen LogP contribution in [0.15, 0.2) is 30.5 Å². The average molecular weight is 214 g/mol. The van der Waals surface area contributed by atoms with Gasteiger partial charge in [-0.15, -0.1) is 0 Å². The maximum atomic E-state index is 9.29. The van der Waals surface area contributed by atoms with Crippen LogP contribution in [0.1, 0.15) is 17.0 Å². The smallest absolute Gasteiger partial charge is 0.0921 e. The van der Waals surface area contributed by atoms with Crippen LogP contribution in [-0.2, 0) is 6.61 Å². The van der Waals surface area contributed by atoms with Crippen LogP contribution < -0.4 is 0 Å². The Morgan fingerprint density at radius 3 is 2.69 bits per heavy atom. The van der Waals surface area contributed by atoms with E-state index in [2.05, 4.69) is 9.97 Å². The summed E-state index contributed by atoms with van der Waals surface area (Å²) in [5.41, 5.74) is 4.45. The molecule has 0 atom stereocenters. The Labute approximate surface area is 94.8 Å². The number of rotatable bonds is 2. The summed E-state index contributed by atoms with van der Waals surface area (Å²) in [4.78, 5) is 8.76. The van der Waals surface area contributed by atoms with Gasteiger partial charge in [0.1, 0.15) is 0 Å². The van der Waals surface area contributed by atoms with Crippen LogP contribution in [0.5, 0.6) is 0 Å². The van der Waals surface area contributed by atoms with E-state index in [1.165, 1.54) is 0 Å². The molecule has 1 aromatic heterocycles. The Morgan fingerprint density at radius 1 is 1.19 bits per heavy atom. The number of aryl methyl sites for hydroxylation is 2. The standard InChI is InChI=1S/C13H14N2O/c1-9-7-14-10(2)13(15-9)12-6-4-3-5-11(12)8-16/h3-7,16H,8H2,1-2H3. The van der Waals surface area contributed by atoms with Gasteiger partial charge in [-0.2, -0.15) is 0 Å². The van der Waals surface area contributed by atoms with Crippen molar-refractivity contribution in [1.82, 2.24) is 9.97 Å². The first-order chi connectivity index (χ1) is 7.72. The first kappa shape index (κ1) is 10.8. The Kier molecular flexibility index (Phi) is 2.97. The maximum absolute atomic E-state index is 9.29. The van der Waals surface area contributed by atoms with Gasteiger partial charge >= 0.3 is 0 Å². The number of nitrogens with zero attached hydrogens (tertiary/aromatic N) is 2. The number of benzene rings is 1. The summed E-state index contributed by atoms with van der Waals surface area (Å²) in [6, 6.07) is 7.71. The molecule has 2 aromatic rings. The zero-order valence-corrected chi connectivity index (χ0v) is 9.44. The van der Waals surface area contributed by atoms with Gasteiger partial charge in [0.25, 0.3) is 0 Å². The maximum Gasteiger partial charge on any atom is 0.0921 e. The lowest BCUT2D eigenvalue weighted by Crippen LogP contribution is -1.97. The van der Waals surface area contributed by atoms with Crippen molar-refractivity contribution in [2.24, 2.45) is 0 Å². The minimum absolute atomic E-state index is 0.0191. The first-order valence-electron chi connectivity index (χ1n) is 5.21. The molecule has 1 aromatic carbocycles. The molecule has 0 radical (unpaired) electrons. The van der Waals surface area contributed by atoms with E-state index in [-0.39, 0.29) is 6.61 Å². The van der Waals surface area contributed by atoms with Gasteiger partial charge in [0.05, 0.1) is 23.7 Å². The fourth-order valence-corrected chi connectivity index (χ4v) is 1.68. The number of hydrogen-bond acceptors (Lipinski definition) is 3. The summed E-state index contributed by atoms with van der Waals surface area (Å²) in [5.74, 6) is 0. The minimum atomic E-state index is 0.0191. The number of aromatic nitrogens is 2. The summed E-state index contributed by atoms with van der Waals surface area (Å²) >= 11 is 0. The second-order valence-corrected chi connectivity index (χ2v) is 3.76. The predicted molar refractivity (Wildman–Crippen MR) is 62.9 cm³/mol. The second kappa shape index (κ2) is 4.41. The zero-order chi connectivity index (χ0) is 11.5. The third-order valence-corrected chi connectivity index (χ3v) is 2.52. The van der Waals surface area contributed by atoms with E-state index in [0.29, 0.717) is 0 Å². The molecule has 0 aliphatic carbocycles. The molecule has 0 bridgehead atoms. The summed E-state index contributed by atoms with van der Waals surface area (Å²) < 4.78 is 0. The monoisotopic (exact) mass is 214 g/mol. The molecule has 1 N–H and O–H groups in total. The molecule has 0 unspecified atom stereocenters. The van der Waals surface area contributed by atoms with Crippen molar-refractivity contribution in [2.45, 2.75) is 20.5 Å². The van der Waals surface area contributed by atoms with Gasteiger partial charge < -0.3 is 5.11 Å². The molecule has 16 heavy (non-hydrogen) atoms. The van der Waals surface area contributed by atoms with Crippen molar-refractivity contribution in [3.8, 4) is 11.3 Å². The van der Waals surface area contributed by atoms with Gasteiger partial charge in [0, 0.05) is 11.8 Å². The SMILES string of the molecule is Cc1cnc(C)c(-c2ccccc2CO)n1. The lowest BCUT2D eigenvalue weighted by atomic mass is 10.0. The van der Waals surface area contributed by atoms with Crippen LogP contribution in [-0.4, -0.2) is 15.1 Å². The molecule has 3 nitrogen and oxygen atoms in total. The second-order valence-electron chi connectivity index (χ2n) is 3.76. The predicted octanol–water partition coefficient (Wildman–Crippen LogP) is 2.25. The van der Waals surface area contributed by atoms with Crippen LogP contribution >= 0.6 is 0 Å². The third kappa shape index (κ3) is 1.95. The molecule has 0 fully saturated rings. The normalized spacial score (nSPS) is 10.4. The Balaban J connectivity index is 2.62. The van der Waals surface area contributed by atoms with Crippen LogP contribution in [0.25, 0.3) is 11.3 Å². The average Bonchev–Trinajstić information content (AvgIpc) is 2.32. The highest BCUT2D eigenvalue weighted by atomic mass is 16.3. The molecule has 0 spiro atoms. The van der Waals surface area contributed by atoms with Crippen molar-refractivity contribution < 1.29 is 5.11 Å². The molecule has 82 valence electrons. The van der Waals surface area contributed by atoms with E-state index in [0.717, 1.165) is 28.2 Å².